The van der Waals surface area contributed by atoms with E-state index in [1.54, 1.807) is 0 Å². The number of fused-ring (bicyclic) bond motifs is 1. The first kappa shape index (κ1) is 12.0. The van der Waals surface area contributed by atoms with E-state index >= 15 is 0 Å². The molecular formula is C15H22N2O. The predicted octanol–water partition coefficient (Wildman–Crippen LogP) is 1.81. The second-order valence-corrected chi connectivity index (χ2v) is 5.48. The van der Waals surface area contributed by atoms with Crippen molar-refractivity contribution in [3.05, 3.63) is 29.3 Å². The Hall–Kier alpha value is -1.06. The molecule has 0 bridgehead atoms. The average molecular weight is 246 g/mol. The first-order valence-corrected chi connectivity index (χ1v) is 6.99. The molecule has 3 rings (SSSR count). The van der Waals surface area contributed by atoms with E-state index in [-0.39, 0.29) is 0 Å². The van der Waals surface area contributed by atoms with Crippen LogP contribution in [0.25, 0.3) is 0 Å². The Morgan fingerprint density at radius 2 is 2.06 bits per heavy atom. The van der Waals surface area contributed by atoms with Crippen LogP contribution in [0.1, 0.15) is 24.0 Å². The van der Waals surface area contributed by atoms with Crippen molar-refractivity contribution >= 4 is 0 Å². The van der Waals surface area contributed by atoms with Crippen LogP contribution in [0.15, 0.2) is 18.2 Å². The SMILES string of the molecule is CN1CCC(Oc2ccc3c(c2)CNCC3)CC1. The van der Waals surface area contributed by atoms with E-state index in [1.165, 1.54) is 11.1 Å². The van der Waals surface area contributed by atoms with Gasteiger partial charge in [-0.15, -0.1) is 0 Å². The summed E-state index contributed by atoms with van der Waals surface area (Å²) in [6, 6.07) is 6.60. The maximum Gasteiger partial charge on any atom is 0.120 e. The molecule has 0 amide bonds. The highest BCUT2D eigenvalue weighted by Crippen LogP contribution is 2.23. The van der Waals surface area contributed by atoms with Crippen molar-refractivity contribution in [2.24, 2.45) is 0 Å². The summed E-state index contributed by atoms with van der Waals surface area (Å²) in [6.45, 7) is 4.39. The van der Waals surface area contributed by atoms with E-state index in [0.29, 0.717) is 6.10 Å². The first-order valence-electron chi connectivity index (χ1n) is 6.99. The van der Waals surface area contributed by atoms with Crippen molar-refractivity contribution in [1.29, 1.82) is 0 Å². The number of rotatable bonds is 2. The van der Waals surface area contributed by atoms with E-state index in [0.717, 1.165) is 51.2 Å². The van der Waals surface area contributed by atoms with Crippen LogP contribution in [-0.4, -0.2) is 37.7 Å². The minimum Gasteiger partial charge on any atom is -0.490 e. The summed E-state index contributed by atoms with van der Waals surface area (Å²) >= 11 is 0. The second-order valence-electron chi connectivity index (χ2n) is 5.48. The largest absolute Gasteiger partial charge is 0.490 e. The molecule has 98 valence electrons. The van der Waals surface area contributed by atoms with Gasteiger partial charge in [-0.3, -0.25) is 0 Å². The van der Waals surface area contributed by atoms with Gasteiger partial charge in [0.2, 0.25) is 0 Å². The summed E-state index contributed by atoms with van der Waals surface area (Å²) in [4.78, 5) is 2.37. The van der Waals surface area contributed by atoms with E-state index in [2.05, 4.69) is 35.5 Å². The second kappa shape index (κ2) is 5.29. The molecule has 2 heterocycles. The minimum absolute atomic E-state index is 0.399. The van der Waals surface area contributed by atoms with Crippen LogP contribution in [0.2, 0.25) is 0 Å². The lowest BCUT2D eigenvalue weighted by molar-refractivity contribution is 0.114. The Bertz CT molecular complexity index is 411. The number of hydrogen-bond donors (Lipinski definition) is 1. The number of nitrogens with zero attached hydrogens (tertiary/aromatic N) is 1. The zero-order valence-electron chi connectivity index (χ0n) is 11.1. The van der Waals surface area contributed by atoms with Crippen LogP contribution >= 0.6 is 0 Å². The van der Waals surface area contributed by atoms with Gasteiger partial charge in [-0.1, -0.05) is 6.07 Å². The average Bonchev–Trinajstić information content (AvgIpc) is 2.41. The van der Waals surface area contributed by atoms with Crippen molar-refractivity contribution in [2.75, 3.05) is 26.7 Å². The van der Waals surface area contributed by atoms with Crippen LogP contribution in [0.4, 0.5) is 0 Å². The van der Waals surface area contributed by atoms with Crippen molar-refractivity contribution in [3.63, 3.8) is 0 Å². The Balaban J connectivity index is 1.66. The molecule has 0 spiro atoms. The molecule has 1 saturated heterocycles. The predicted molar refractivity (Wildman–Crippen MR) is 73.0 cm³/mol. The molecule has 1 N–H and O–H groups in total. The number of piperidine rings is 1. The molecule has 0 saturated carbocycles. The molecule has 2 aliphatic heterocycles. The third-order valence-corrected chi connectivity index (χ3v) is 4.03. The smallest absolute Gasteiger partial charge is 0.120 e. The summed E-state index contributed by atoms with van der Waals surface area (Å²) < 4.78 is 6.12. The van der Waals surface area contributed by atoms with Crippen molar-refractivity contribution in [1.82, 2.24) is 10.2 Å². The normalized spacial score (nSPS) is 21.6. The fourth-order valence-electron chi connectivity index (χ4n) is 2.83. The number of benzene rings is 1. The quantitative estimate of drug-likeness (QED) is 0.861. The molecule has 1 aromatic carbocycles. The minimum atomic E-state index is 0.399. The van der Waals surface area contributed by atoms with E-state index in [9.17, 15) is 0 Å². The summed E-state index contributed by atoms with van der Waals surface area (Å²) in [7, 11) is 2.18. The third kappa shape index (κ3) is 2.68. The molecule has 1 aromatic rings. The summed E-state index contributed by atoms with van der Waals surface area (Å²) in [5, 5.41) is 3.42. The lowest BCUT2D eigenvalue weighted by atomic mass is 10.0. The number of nitrogens with one attached hydrogen (secondary N) is 1. The highest BCUT2D eigenvalue weighted by atomic mass is 16.5. The molecule has 2 aliphatic rings. The lowest BCUT2D eigenvalue weighted by Gasteiger charge is -2.29. The Morgan fingerprint density at radius 3 is 2.89 bits per heavy atom. The van der Waals surface area contributed by atoms with Crippen LogP contribution in [-0.2, 0) is 13.0 Å². The fourth-order valence-corrected chi connectivity index (χ4v) is 2.83. The molecule has 18 heavy (non-hydrogen) atoms. The van der Waals surface area contributed by atoms with Gasteiger partial charge in [0.25, 0.3) is 0 Å². The highest BCUT2D eigenvalue weighted by Gasteiger charge is 2.18. The molecule has 0 aliphatic carbocycles. The van der Waals surface area contributed by atoms with Crippen molar-refractivity contribution in [2.45, 2.75) is 31.9 Å². The van der Waals surface area contributed by atoms with E-state index in [1.807, 2.05) is 0 Å². The summed E-state index contributed by atoms with van der Waals surface area (Å²) in [5.74, 6) is 1.05. The van der Waals surface area contributed by atoms with Crippen LogP contribution in [0.5, 0.6) is 5.75 Å². The van der Waals surface area contributed by atoms with E-state index in [4.69, 9.17) is 4.74 Å². The van der Waals surface area contributed by atoms with Gasteiger partial charge in [-0.05, 0) is 56.1 Å². The molecule has 0 unspecified atom stereocenters. The van der Waals surface area contributed by atoms with Gasteiger partial charge >= 0.3 is 0 Å². The number of hydrogen-bond acceptors (Lipinski definition) is 3. The Morgan fingerprint density at radius 1 is 1.22 bits per heavy atom. The third-order valence-electron chi connectivity index (χ3n) is 4.03. The van der Waals surface area contributed by atoms with Gasteiger partial charge in [0.15, 0.2) is 0 Å². The lowest BCUT2D eigenvalue weighted by Crippen LogP contribution is -2.35. The van der Waals surface area contributed by atoms with Crippen LogP contribution < -0.4 is 10.1 Å². The summed E-state index contributed by atoms with van der Waals surface area (Å²) in [6.07, 6.45) is 3.83. The van der Waals surface area contributed by atoms with Gasteiger partial charge in [0.1, 0.15) is 11.9 Å². The zero-order valence-corrected chi connectivity index (χ0v) is 11.1. The highest BCUT2D eigenvalue weighted by molar-refractivity contribution is 5.37. The standard InChI is InChI=1S/C15H22N2O/c1-17-8-5-14(6-9-17)18-15-3-2-12-4-7-16-11-13(12)10-15/h2-3,10,14,16H,4-9,11H2,1H3. The van der Waals surface area contributed by atoms with Crippen molar-refractivity contribution < 1.29 is 4.74 Å². The van der Waals surface area contributed by atoms with Crippen molar-refractivity contribution in [3.8, 4) is 5.75 Å². The zero-order chi connectivity index (χ0) is 12.4. The number of likely N-dealkylation sites (tertiary alicyclic amines) is 1. The van der Waals surface area contributed by atoms with Gasteiger partial charge < -0.3 is 15.0 Å². The number of ether oxygens (including phenoxy) is 1. The Labute approximate surface area is 109 Å². The molecule has 0 aromatic heterocycles. The monoisotopic (exact) mass is 246 g/mol. The topological polar surface area (TPSA) is 24.5 Å². The van der Waals surface area contributed by atoms with Gasteiger partial charge in [-0.25, -0.2) is 0 Å². The molecule has 0 radical (unpaired) electrons. The molecule has 3 heteroatoms. The van der Waals surface area contributed by atoms with E-state index < -0.39 is 0 Å². The molecule has 3 nitrogen and oxygen atoms in total. The molecular weight excluding hydrogens is 224 g/mol. The summed E-state index contributed by atoms with van der Waals surface area (Å²) in [5.41, 5.74) is 2.89. The fraction of sp³-hybridized carbons (Fsp3) is 0.600. The molecule has 0 atom stereocenters. The molecule has 1 fully saturated rings. The van der Waals surface area contributed by atoms with Crippen LogP contribution in [0, 0.1) is 0 Å². The van der Waals surface area contributed by atoms with Gasteiger partial charge in [0, 0.05) is 19.6 Å². The maximum absolute atomic E-state index is 6.12. The van der Waals surface area contributed by atoms with Gasteiger partial charge in [0.05, 0.1) is 0 Å². The van der Waals surface area contributed by atoms with Gasteiger partial charge in [-0.2, -0.15) is 0 Å². The van der Waals surface area contributed by atoms with Crippen LogP contribution in [0.3, 0.4) is 0 Å². The first-order chi connectivity index (χ1) is 8.81. The maximum atomic E-state index is 6.12. The Kier molecular flexibility index (Phi) is 3.52.